The van der Waals surface area contributed by atoms with Gasteiger partial charge in [0.05, 0.1) is 0 Å². The molecule has 1 aromatic carbocycles. The van der Waals surface area contributed by atoms with Gasteiger partial charge in [-0.3, -0.25) is 4.79 Å². The number of aromatic nitrogens is 1. The molecule has 0 aliphatic heterocycles. The van der Waals surface area contributed by atoms with Gasteiger partial charge in [-0.05, 0) is 11.6 Å². The van der Waals surface area contributed by atoms with Crippen molar-refractivity contribution >= 4 is 17.5 Å². The number of aliphatic hydroxyl groups excluding tert-OH is 1. The second-order valence-corrected chi connectivity index (χ2v) is 4.26. The Labute approximate surface area is 115 Å². The first-order chi connectivity index (χ1) is 9.56. The van der Waals surface area contributed by atoms with Crippen molar-refractivity contribution in [1.29, 1.82) is 0 Å². The van der Waals surface area contributed by atoms with Crippen molar-refractivity contribution < 1.29 is 19.8 Å². The van der Waals surface area contributed by atoms with Crippen LogP contribution in [0.3, 0.4) is 0 Å². The number of aliphatic hydroxyl groups is 1. The number of hydrogen-bond acceptors (Lipinski definition) is 3. The van der Waals surface area contributed by atoms with E-state index in [1.54, 1.807) is 18.5 Å². The van der Waals surface area contributed by atoms with Crippen molar-refractivity contribution in [3.8, 4) is 0 Å². The molecule has 5 nitrogen and oxygen atoms in total. The first-order valence-corrected chi connectivity index (χ1v) is 5.94. The van der Waals surface area contributed by atoms with Gasteiger partial charge >= 0.3 is 5.97 Å². The molecule has 2 N–H and O–H groups in total. The molecule has 0 saturated carbocycles. The lowest BCUT2D eigenvalue weighted by Crippen LogP contribution is -2.09. The summed E-state index contributed by atoms with van der Waals surface area (Å²) >= 11 is 0. The van der Waals surface area contributed by atoms with E-state index in [2.05, 4.69) is 0 Å². The van der Waals surface area contributed by atoms with Gasteiger partial charge < -0.3 is 14.8 Å². The molecule has 1 heterocycles. The minimum Gasteiger partial charge on any atom is -0.507 e. The van der Waals surface area contributed by atoms with Crippen molar-refractivity contribution in [2.45, 2.75) is 6.54 Å². The summed E-state index contributed by atoms with van der Waals surface area (Å²) in [5.41, 5.74) is 1.50. The topological polar surface area (TPSA) is 79.5 Å². The highest BCUT2D eigenvalue weighted by atomic mass is 16.4. The van der Waals surface area contributed by atoms with Crippen LogP contribution >= 0.6 is 0 Å². The van der Waals surface area contributed by atoms with Crippen LogP contribution < -0.4 is 0 Å². The number of hydrogen-bond donors (Lipinski definition) is 2. The van der Waals surface area contributed by atoms with E-state index in [0.717, 1.165) is 5.56 Å². The molecule has 0 amide bonds. The highest BCUT2D eigenvalue weighted by Gasteiger charge is 2.11. The lowest BCUT2D eigenvalue weighted by molar-refractivity contribution is -0.146. The SMILES string of the molecule is O=C(O)C(=O)C=C(O)c1ccn(Cc2ccccc2)c1. The molecule has 0 fully saturated rings. The van der Waals surface area contributed by atoms with Crippen LogP contribution in [0.5, 0.6) is 0 Å². The zero-order chi connectivity index (χ0) is 14.5. The van der Waals surface area contributed by atoms with Gasteiger partial charge in [-0.15, -0.1) is 0 Å². The van der Waals surface area contributed by atoms with Gasteiger partial charge in [-0.25, -0.2) is 4.79 Å². The molecule has 0 radical (unpaired) electrons. The average molecular weight is 271 g/mol. The highest BCUT2D eigenvalue weighted by molar-refractivity contribution is 6.38. The van der Waals surface area contributed by atoms with Crippen LogP contribution in [0, 0.1) is 0 Å². The van der Waals surface area contributed by atoms with Crippen LogP contribution in [0.25, 0.3) is 5.76 Å². The minimum absolute atomic E-state index is 0.357. The zero-order valence-electron chi connectivity index (χ0n) is 10.6. The van der Waals surface area contributed by atoms with Gasteiger partial charge in [0, 0.05) is 30.6 Å². The third kappa shape index (κ3) is 3.35. The summed E-state index contributed by atoms with van der Waals surface area (Å²) in [6.07, 6.45) is 4.09. The molecule has 0 aliphatic rings. The first-order valence-electron chi connectivity index (χ1n) is 5.94. The molecule has 5 heteroatoms. The monoisotopic (exact) mass is 271 g/mol. The molecule has 0 spiro atoms. The van der Waals surface area contributed by atoms with Crippen LogP contribution in [0.1, 0.15) is 11.1 Å². The summed E-state index contributed by atoms with van der Waals surface area (Å²) in [5, 5.41) is 18.2. The summed E-state index contributed by atoms with van der Waals surface area (Å²) < 4.78 is 1.83. The van der Waals surface area contributed by atoms with E-state index in [1.807, 2.05) is 34.9 Å². The Kier molecular flexibility index (Phi) is 4.00. The molecular weight excluding hydrogens is 258 g/mol. The third-order valence-electron chi connectivity index (χ3n) is 2.73. The van der Waals surface area contributed by atoms with Crippen LogP contribution in [0.4, 0.5) is 0 Å². The molecule has 2 aromatic rings. The minimum atomic E-state index is -1.60. The number of rotatable bonds is 5. The van der Waals surface area contributed by atoms with E-state index >= 15 is 0 Å². The number of carboxylic acids is 1. The van der Waals surface area contributed by atoms with Crippen molar-refractivity contribution in [3.63, 3.8) is 0 Å². The van der Waals surface area contributed by atoms with E-state index in [0.29, 0.717) is 18.2 Å². The third-order valence-corrected chi connectivity index (χ3v) is 2.73. The van der Waals surface area contributed by atoms with Crippen LogP contribution in [-0.2, 0) is 16.1 Å². The van der Waals surface area contributed by atoms with Crippen molar-refractivity contribution in [2.24, 2.45) is 0 Å². The number of carbonyl (C=O) groups excluding carboxylic acids is 1. The maximum absolute atomic E-state index is 11.0. The smallest absolute Gasteiger partial charge is 0.376 e. The lowest BCUT2D eigenvalue weighted by Gasteiger charge is -2.02. The fourth-order valence-electron chi connectivity index (χ4n) is 1.75. The van der Waals surface area contributed by atoms with Crippen molar-refractivity contribution in [3.05, 3.63) is 66.0 Å². The summed E-state index contributed by atoms with van der Waals surface area (Å²) in [6.45, 7) is 0.626. The molecule has 2 rings (SSSR count). The lowest BCUT2D eigenvalue weighted by atomic mass is 10.2. The highest BCUT2D eigenvalue weighted by Crippen LogP contribution is 2.13. The predicted octanol–water partition coefficient (Wildman–Crippen LogP) is 2.09. The van der Waals surface area contributed by atoms with E-state index in [-0.39, 0.29) is 5.76 Å². The number of ketones is 1. The molecule has 0 atom stereocenters. The maximum Gasteiger partial charge on any atom is 0.376 e. The molecule has 1 aromatic heterocycles. The van der Waals surface area contributed by atoms with E-state index < -0.39 is 11.8 Å². The fourth-order valence-corrected chi connectivity index (χ4v) is 1.75. The van der Waals surface area contributed by atoms with Gasteiger partial charge in [0.1, 0.15) is 5.76 Å². The molecule has 102 valence electrons. The summed E-state index contributed by atoms with van der Waals surface area (Å²) in [5.74, 6) is -3.11. The van der Waals surface area contributed by atoms with E-state index in [4.69, 9.17) is 5.11 Å². The van der Waals surface area contributed by atoms with Gasteiger partial charge in [0.2, 0.25) is 0 Å². The number of benzene rings is 1. The molecule has 0 saturated heterocycles. The summed E-state index contributed by atoms with van der Waals surface area (Å²) in [7, 11) is 0. The maximum atomic E-state index is 11.0. The Morgan fingerprint density at radius 2 is 1.80 bits per heavy atom. The number of carboxylic acid groups (broad SMARTS) is 1. The number of nitrogens with zero attached hydrogens (tertiary/aromatic N) is 1. The second-order valence-electron chi connectivity index (χ2n) is 4.26. The van der Waals surface area contributed by atoms with E-state index in [9.17, 15) is 14.7 Å². The quantitative estimate of drug-likeness (QED) is 0.496. The van der Waals surface area contributed by atoms with E-state index in [1.165, 1.54) is 0 Å². The largest absolute Gasteiger partial charge is 0.507 e. The fraction of sp³-hybridized carbons (Fsp3) is 0.0667. The Hall–Kier alpha value is -2.82. The zero-order valence-corrected chi connectivity index (χ0v) is 10.6. The number of aliphatic carboxylic acids is 1. The van der Waals surface area contributed by atoms with Gasteiger partial charge in [-0.2, -0.15) is 0 Å². The summed E-state index contributed by atoms with van der Waals surface area (Å²) in [4.78, 5) is 21.4. The van der Waals surface area contributed by atoms with Crippen LogP contribution in [-0.4, -0.2) is 26.5 Å². The molecule has 0 bridgehead atoms. The van der Waals surface area contributed by atoms with Gasteiger partial charge in [0.15, 0.2) is 0 Å². The Balaban J connectivity index is 2.13. The molecule has 0 aliphatic carbocycles. The second kappa shape index (κ2) is 5.88. The Morgan fingerprint density at radius 1 is 1.10 bits per heavy atom. The normalized spacial score (nSPS) is 11.3. The average Bonchev–Trinajstić information content (AvgIpc) is 2.88. The van der Waals surface area contributed by atoms with Crippen LogP contribution in [0.15, 0.2) is 54.9 Å². The standard InChI is InChI=1S/C15H13NO4/c17-13(8-14(18)15(19)20)12-6-7-16(10-12)9-11-4-2-1-3-5-11/h1-8,10,17H,9H2,(H,19,20). The van der Waals surface area contributed by atoms with Crippen molar-refractivity contribution in [2.75, 3.05) is 0 Å². The Morgan fingerprint density at radius 3 is 2.45 bits per heavy atom. The summed E-state index contributed by atoms with van der Waals surface area (Å²) in [6, 6.07) is 11.4. The molecular formula is C15H13NO4. The van der Waals surface area contributed by atoms with Crippen LogP contribution in [0.2, 0.25) is 0 Å². The first kappa shape index (κ1) is 13.6. The van der Waals surface area contributed by atoms with Gasteiger partial charge in [0.25, 0.3) is 5.78 Å². The molecule has 0 unspecified atom stereocenters. The number of carbonyl (C=O) groups is 2. The Bertz CT molecular complexity index is 656. The predicted molar refractivity (Wildman–Crippen MR) is 73.2 cm³/mol. The molecule has 20 heavy (non-hydrogen) atoms. The van der Waals surface area contributed by atoms with Crippen molar-refractivity contribution in [1.82, 2.24) is 4.57 Å². The van der Waals surface area contributed by atoms with Gasteiger partial charge in [-0.1, -0.05) is 30.3 Å².